The summed E-state index contributed by atoms with van der Waals surface area (Å²) in [6, 6.07) is 0.709. The topological polar surface area (TPSA) is 24.5 Å². The standard InChI is InChI=1S/C13H28N2O/c1-11(2)16-10-9-15(4)8-7-14-12(3)13-5-6-13/h11-14H,5-10H2,1-4H3. The number of likely N-dealkylation sites (N-methyl/N-ethyl adjacent to an activating group) is 1. The number of nitrogens with zero attached hydrogens (tertiary/aromatic N) is 1. The summed E-state index contributed by atoms with van der Waals surface area (Å²) < 4.78 is 5.53. The van der Waals surface area contributed by atoms with Crippen LogP contribution >= 0.6 is 0 Å². The fraction of sp³-hybridized carbons (Fsp3) is 1.00. The molecule has 3 nitrogen and oxygen atoms in total. The molecule has 96 valence electrons. The molecule has 0 heterocycles. The maximum absolute atomic E-state index is 5.53. The highest BCUT2D eigenvalue weighted by atomic mass is 16.5. The van der Waals surface area contributed by atoms with E-state index in [0.29, 0.717) is 12.1 Å². The first-order valence-corrected chi connectivity index (χ1v) is 6.63. The fourth-order valence-corrected chi connectivity index (χ4v) is 1.80. The molecule has 1 saturated carbocycles. The van der Waals surface area contributed by atoms with Crippen molar-refractivity contribution in [3.8, 4) is 0 Å². The Hall–Kier alpha value is -0.120. The normalized spacial score (nSPS) is 18.4. The quantitative estimate of drug-likeness (QED) is 0.650. The van der Waals surface area contributed by atoms with E-state index in [2.05, 4.69) is 38.0 Å². The van der Waals surface area contributed by atoms with E-state index in [0.717, 1.165) is 32.2 Å². The van der Waals surface area contributed by atoms with Gasteiger partial charge in [0, 0.05) is 25.7 Å². The molecule has 0 aromatic rings. The minimum Gasteiger partial charge on any atom is -0.377 e. The summed E-state index contributed by atoms with van der Waals surface area (Å²) in [6.45, 7) is 10.5. The first-order valence-electron chi connectivity index (χ1n) is 6.63. The van der Waals surface area contributed by atoms with Crippen molar-refractivity contribution in [2.75, 3.05) is 33.3 Å². The zero-order valence-electron chi connectivity index (χ0n) is 11.3. The molecule has 1 rings (SSSR count). The van der Waals surface area contributed by atoms with Gasteiger partial charge in [0.15, 0.2) is 0 Å². The van der Waals surface area contributed by atoms with E-state index in [1.807, 2.05) is 0 Å². The summed E-state index contributed by atoms with van der Waals surface area (Å²) in [5.41, 5.74) is 0. The monoisotopic (exact) mass is 228 g/mol. The Morgan fingerprint density at radius 1 is 1.25 bits per heavy atom. The number of ether oxygens (including phenoxy) is 1. The van der Waals surface area contributed by atoms with Gasteiger partial charge in [-0.2, -0.15) is 0 Å². The van der Waals surface area contributed by atoms with Gasteiger partial charge in [-0.1, -0.05) is 0 Å². The van der Waals surface area contributed by atoms with Crippen LogP contribution in [0.4, 0.5) is 0 Å². The maximum Gasteiger partial charge on any atom is 0.0596 e. The molecule has 16 heavy (non-hydrogen) atoms. The van der Waals surface area contributed by atoms with Crippen LogP contribution in [0.3, 0.4) is 0 Å². The van der Waals surface area contributed by atoms with Crippen molar-refractivity contribution in [1.29, 1.82) is 0 Å². The summed E-state index contributed by atoms with van der Waals surface area (Å²) in [6.07, 6.45) is 3.19. The van der Waals surface area contributed by atoms with Gasteiger partial charge in [0.2, 0.25) is 0 Å². The molecule has 0 aliphatic heterocycles. The molecule has 1 fully saturated rings. The summed E-state index contributed by atoms with van der Waals surface area (Å²) in [4.78, 5) is 2.33. The molecule has 0 aromatic carbocycles. The van der Waals surface area contributed by atoms with Crippen molar-refractivity contribution in [3.05, 3.63) is 0 Å². The first-order chi connectivity index (χ1) is 7.59. The van der Waals surface area contributed by atoms with Gasteiger partial charge in [0.25, 0.3) is 0 Å². The Balaban J connectivity index is 1.90. The second-order valence-electron chi connectivity index (χ2n) is 5.30. The van der Waals surface area contributed by atoms with Crippen LogP contribution in [0.1, 0.15) is 33.6 Å². The minimum atomic E-state index is 0.349. The highest BCUT2D eigenvalue weighted by Gasteiger charge is 2.27. The van der Waals surface area contributed by atoms with E-state index in [1.54, 1.807) is 0 Å². The van der Waals surface area contributed by atoms with Crippen LogP contribution in [0, 0.1) is 5.92 Å². The van der Waals surface area contributed by atoms with E-state index >= 15 is 0 Å². The molecule has 1 aliphatic rings. The lowest BCUT2D eigenvalue weighted by Gasteiger charge is -2.19. The number of nitrogens with one attached hydrogen (secondary N) is 1. The van der Waals surface area contributed by atoms with Crippen LogP contribution in [0.25, 0.3) is 0 Å². The first kappa shape index (κ1) is 13.9. The van der Waals surface area contributed by atoms with Gasteiger partial charge in [-0.25, -0.2) is 0 Å². The third kappa shape index (κ3) is 6.46. The zero-order valence-corrected chi connectivity index (χ0v) is 11.3. The van der Waals surface area contributed by atoms with E-state index in [4.69, 9.17) is 4.74 Å². The van der Waals surface area contributed by atoms with Crippen molar-refractivity contribution in [2.45, 2.75) is 45.8 Å². The summed E-state index contributed by atoms with van der Waals surface area (Å²) >= 11 is 0. The number of rotatable bonds is 9. The molecule has 0 aromatic heterocycles. The van der Waals surface area contributed by atoms with Crippen LogP contribution in [0.15, 0.2) is 0 Å². The molecule has 0 radical (unpaired) electrons. The Kier molecular flexibility index (Phi) is 6.32. The second kappa shape index (κ2) is 7.25. The molecular formula is C13H28N2O. The highest BCUT2D eigenvalue weighted by molar-refractivity contribution is 4.83. The largest absolute Gasteiger partial charge is 0.377 e. The highest BCUT2D eigenvalue weighted by Crippen LogP contribution is 2.32. The summed E-state index contributed by atoms with van der Waals surface area (Å²) in [7, 11) is 2.16. The summed E-state index contributed by atoms with van der Waals surface area (Å²) in [5.74, 6) is 0.953. The van der Waals surface area contributed by atoms with Crippen molar-refractivity contribution < 1.29 is 4.74 Å². The van der Waals surface area contributed by atoms with Crippen molar-refractivity contribution in [1.82, 2.24) is 10.2 Å². The molecule has 1 aliphatic carbocycles. The van der Waals surface area contributed by atoms with Crippen molar-refractivity contribution in [3.63, 3.8) is 0 Å². The van der Waals surface area contributed by atoms with Crippen LogP contribution in [0.2, 0.25) is 0 Å². The number of hydrogen-bond donors (Lipinski definition) is 1. The number of hydrogen-bond acceptors (Lipinski definition) is 3. The van der Waals surface area contributed by atoms with Gasteiger partial charge in [-0.15, -0.1) is 0 Å². The second-order valence-corrected chi connectivity index (χ2v) is 5.30. The SMILES string of the molecule is CC(C)OCCN(C)CCNC(C)C1CC1. The van der Waals surface area contributed by atoms with E-state index in [-0.39, 0.29) is 0 Å². The molecule has 1 unspecified atom stereocenters. The van der Waals surface area contributed by atoms with Crippen LogP contribution in [-0.4, -0.2) is 50.3 Å². The molecule has 0 spiro atoms. The van der Waals surface area contributed by atoms with Crippen LogP contribution < -0.4 is 5.32 Å². The Bertz CT molecular complexity index is 181. The molecule has 0 amide bonds. The van der Waals surface area contributed by atoms with E-state index in [9.17, 15) is 0 Å². The van der Waals surface area contributed by atoms with Gasteiger partial charge in [0.05, 0.1) is 12.7 Å². The lowest BCUT2D eigenvalue weighted by Crippen LogP contribution is -2.36. The molecular weight excluding hydrogens is 200 g/mol. The van der Waals surface area contributed by atoms with Gasteiger partial charge in [-0.05, 0) is 46.6 Å². The van der Waals surface area contributed by atoms with Gasteiger partial charge in [0.1, 0.15) is 0 Å². The average molecular weight is 228 g/mol. The third-order valence-corrected chi connectivity index (χ3v) is 3.21. The molecule has 1 atom stereocenters. The van der Waals surface area contributed by atoms with Crippen LogP contribution in [0.5, 0.6) is 0 Å². The molecule has 0 bridgehead atoms. The lowest BCUT2D eigenvalue weighted by molar-refractivity contribution is 0.0639. The average Bonchev–Trinajstić information content (AvgIpc) is 2.99. The smallest absolute Gasteiger partial charge is 0.0596 e. The zero-order chi connectivity index (χ0) is 12.0. The van der Waals surface area contributed by atoms with Crippen molar-refractivity contribution in [2.24, 2.45) is 5.92 Å². The maximum atomic E-state index is 5.53. The lowest BCUT2D eigenvalue weighted by atomic mass is 10.2. The Morgan fingerprint density at radius 3 is 2.50 bits per heavy atom. The van der Waals surface area contributed by atoms with Gasteiger partial charge in [-0.3, -0.25) is 0 Å². The molecule has 3 heteroatoms. The van der Waals surface area contributed by atoms with Crippen LogP contribution in [-0.2, 0) is 4.74 Å². The van der Waals surface area contributed by atoms with E-state index in [1.165, 1.54) is 12.8 Å². The van der Waals surface area contributed by atoms with Gasteiger partial charge < -0.3 is 15.0 Å². The fourth-order valence-electron chi connectivity index (χ4n) is 1.80. The third-order valence-electron chi connectivity index (χ3n) is 3.21. The summed E-state index contributed by atoms with van der Waals surface area (Å²) in [5, 5.41) is 3.59. The Morgan fingerprint density at radius 2 is 1.94 bits per heavy atom. The van der Waals surface area contributed by atoms with E-state index < -0.39 is 0 Å². The predicted octanol–water partition coefficient (Wildman–Crippen LogP) is 1.73. The van der Waals surface area contributed by atoms with Crippen molar-refractivity contribution >= 4 is 0 Å². The predicted molar refractivity (Wildman–Crippen MR) is 68.8 cm³/mol. The Labute approximate surface area is 101 Å². The molecule has 1 N–H and O–H groups in total. The van der Waals surface area contributed by atoms with Gasteiger partial charge >= 0.3 is 0 Å². The minimum absolute atomic E-state index is 0.349. The molecule has 0 saturated heterocycles.